The van der Waals surface area contributed by atoms with Gasteiger partial charge in [0.15, 0.2) is 11.5 Å². The van der Waals surface area contributed by atoms with E-state index in [1.54, 1.807) is 7.11 Å². The highest BCUT2D eigenvalue weighted by atomic mass is 79.9. The molecule has 0 heterocycles. The largest absolute Gasteiger partial charge is 0.492 e. The fourth-order valence-corrected chi connectivity index (χ4v) is 3.60. The van der Waals surface area contributed by atoms with Crippen LogP contribution in [0.1, 0.15) is 38.2 Å². The van der Waals surface area contributed by atoms with Gasteiger partial charge in [-0.25, -0.2) is 0 Å². The average Bonchev–Trinajstić information content (AvgIpc) is 2.89. The van der Waals surface area contributed by atoms with Gasteiger partial charge in [0.2, 0.25) is 0 Å². The number of methoxy groups -OCH3 is 1. The van der Waals surface area contributed by atoms with Gasteiger partial charge in [0, 0.05) is 12.0 Å². The van der Waals surface area contributed by atoms with E-state index in [0.717, 1.165) is 28.8 Å². The van der Waals surface area contributed by atoms with Crippen molar-refractivity contribution in [3.05, 3.63) is 22.2 Å². The summed E-state index contributed by atoms with van der Waals surface area (Å²) in [6, 6.07) is 4.24. The molecule has 19 heavy (non-hydrogen) atoms. The van der Waals surface area contributed by atoms with Crippen molar-refractivity contribution >= 4 is 15.9 Å². The Morgan fingerprint density at radius 2 is 2.00 bits per heavy atom. The monoisotopic (exact) mass is 327 g/mol. The van der Waals surface area contributed by atoms with Crippen LogP contribution < -0.4 is 15.2 Å². The van der Waals surface area contributed by atoms with Gasteiger partial charge in [-0.2, -0.15) is 0 Å². The molecule has 0 saturated heterocycles. The molecule has 3 nitrogen and oxygen atoms in total. The Morgan fingerprint density at radius 1 is 1.32 bits per heavy atom. The lowest BCUT2D eigenvalue weighted by atomic mass is 9.79. The molecule has 2 N–H and O–H groups in total. The van der Waals surface area contributed by atoms with E-state index in [9.17, 15) is 0 Å². The normalized spacial score (nSPS) is 17.5. The fraction of sp³-hybridized carbons (Fsp3) is 0.600. The van der Waals surface area contributed by atoms with Crippen LogP contribution >= 0.6 is 15.9 Å². The fourth-order valence-electron chi connectivity index (χ4n) is 3.00. The summed E-state index contributed by atoms with van der Waals surface area (Å²) in [4.78, 5) is 0. The minimum atomic E-state index is 0.112. The van der Waals surface area contributed by atoms with Crippen LogP contribution in [0.5, 0.6) is 11.5 Å². The lowest BCUT2D eigenvalue weighted by Crippen LogP contribution is -2.32. The third-order valence-electron chi connectivity index (χ3n) is 4.08. The topological polar surface area (TPSA) is 44.5 Å². The summed E-state index contributed by atoms with van der Waals surface area (Å²) in [7, 11) is 1.66. The van der Waals surface area contributed by atoms with Crippen LogP contribution in [0.25, 0.3) is 0 Å². The van der Waals surface area contributed by atoms with Crippen molar-refractivity contribution in [1.29, 1.82) is 0 Å². The number of rotatable bonds is 5. The molecule has 1 saturated carbocycles. The van der Waals surface area contributed by atoms with Gasteiger partial charge in [0.05, 0.1) is 18.2 Å². The average molecular weight is 328 g/mol. The Hall–Kier alpha value is -0.740. The first-order valence-corrected chi connectivity index (χ1v) is 7.67. The Balaban J connectivity index is 2.46. The van der Waals surface area contributed by atoms with Gasteiger partial charge >= 0.3 is 0 Å². The highest BCUT2D eigenvalue weighted by molar-refractivity contribution is 9.10. The van der Waals surface area contributed by atoms with E-state index in [0.29, 0.717) is 13.2 Å². The van der Waals surface area contributed by atoms with Crippen molar-refractivity contribution in [2.75, 3.05) is 20.3 Å². The summed E-state index contributed by atoms with van der Waals surface area (Å²) in [6.45, 7) is 3.30. The molecular weight excluding hydrogens is 306 g/mol. The maximum absolute atomic E-state index is 6.06. The molecule has 0 bridgehead atoms. The molecule has 0 radical (unpaired) electrons. The van der Waals surface area contributed by atoms with Crippen LogP contribution in [0.3, 0.4) is 0 Å². The highest BCUT2D eigenvalue weighted by Gasteiger charge is 2.35. The predicted octanol–water partition coefficient (Wildman–Crippen LogP) is 3.63. The molecule has 1 aromatic rings. The molecule has 1 fully saturated rings. The summed E-state index contributed by atoms with van der Waals surface area (Å²) in [5.41, 5.74) is 7.44. The Morgan fingerprint density at radius 3 is 2.53 bits per heavy atom. The van der Waals surface area contributed by atoms with Crippen molar-refractivity contribution in [3.63, 3.8) is 0 Å². The highest BCUT2D eigenvalue weighted by Crippen LogP contribution is 2.45. The SMILES string of the molecule is CCOc1cc(C2(CN)CCCC2)cc(Br)c1OC. The molecule has 1 aliphatic carbocycles. The lowest BCUT2D eigenvalue weighted by molar-refractivity contribution is 0.308. The third-order valence-corrected chi connectivity index (χ3v) is 4.67. The van der Waals surface area contributed by atoms with Crippen LogP contribution in [0, 0.1) is 0 Å². The first kappa shape index (κ1) is 14.7. The van der Waals surface area contributed by atoms with Crippen LogP contribution in [0.2, 0.25) is 0 Å². The summed E-state index contributed by atoms with van der Waals surface area (Å²) >= 11 is 3.58. The van der Waals surface area contributed by atoms with Gasteiger partial charge < -0.3 is 15.2 Å². The molecule has 1 aromatic carbocycles. The molecule has 1 aliphatic rings. The van der Waals surface area contributed by atoms with E-state index in [4.69, 9.17) is 15.2 Å². The van der Waals surface area contributed by atoms with Gasteiger partial charge in [0.1, 0.15) is 0 Å². The molecular formula is C15H22BrNO2. The minimum absolute atomic E-state index is 0.112. The van der Waals surface area contributed by atoms with E-state index in [1.807, 2.05) is 6.92 Å². The molecule has 4 heteroatoms. The number of hydrogen-bond donors (Lipinski definition) is 1. The van der Waals surface area contributed by atoms with Gasteiger partial charge in [-0.1, -0.05) is 12.8 Å². The molecule has 0 aliphatic heterocycles. The summed E-state index contributed by atoms with van der Waals surface area (Å²) in [5, 5.41) is 0. The van der Waals surface area contributed by atoms with Gasteiger partial charge in [-0.05, 0) is 53.4 Å². The molecule has 0 spiro atoms. The molecule has 0 unspecified atom stereocenters. The zero-order valence-electron chi connectivity index (χ0n) is 11.7. The second kappa shape index (κ2) is 6.14. The Kier molecular flexibility index (Phi) is 4.74. The standard InChI is InChI=1S/C15H22BrNO2/c1-3-19-13-9-11(8-12(16)14(13)18-2)15(10-17)6-4-5-7-15/h8-9H,3-7,10,17H2,1-2H3. The first-order chi connectivity index (χ1) is 9.16. The van der Waals surface area contributed by atoms with Crippen LogP contribution in [0.15, 0.2) is 16.6 Å². The summed E-state index contributed by atoms with van der Waals surface area (Å²) < 4.78 is 12.1. The van der Waals surface area contributed by atoms with Crippen molar-refractivity contribution in [2.24, 2.45) is 5.73 Å². The quantitative estimate of drug-likeness (QED) is 0.898. The first-order valence-electron chi connectivity index (χ1n) is 6.87. The lowest BCUT2D eigenvalue weighted by Gasteiger charge is -2.29. The van der Waals surface area contributed by atoms with E-state index in [1.165, 1.54) is 18.4 Å². The maximum Gasteiger partial charge on any atom is 0.174 e. The Bertz CT molecular complexity index is 442. The number of halogens is 1. The minimum Gasteiger partial charge on any atom is -0.492 e. The van der Waals surface area contributed by atoms with E-state index in [-0.39, 0.29) is 5.41 Å². The summed E-state index contributed by atoms with van der Waals surface area (Å²) in [5.74, 6) is 1.56. The maximum atomic E-state index is 6.06. The smallest absolute Gasteiger partial charge is 0.174 e. The Labute approximate surface area is 123 Å². The second-order valence-corrected chi connectivity index (χ2v) is 5.97. The van der Waals surface area contributed by atoms with Crippen molar-refractivity contribution < 1.29 is 9.47 Å². The second-order valence-electron chi connectivity index (χ2n) is 5.11. The van der Waals surface area contributed by atoms with Gasteiger partial charge in [0.25, 0.3) is 0 Å². The van der Waals surface area contributed by atoms with Gasteiger partial charge in [-0.3, -0.25) is 0 Å². The molecule has 2 rings (SSSR count). The van der Waals surface area contributed by atoms with Gasteiger partial charge in [-0.15, -0.1) is 0 Å². The zero-order chi connectivity index (χ0) is 13.9. The molecule has 0 amide bonds. The number of hydrogen-bond acceptors (Lipinski definition) is 3. The molecule has 106 valence electrons. The van der Waals surface area contributed by atoms with Crippen molar-refractivity contribution in [2.45, 2.75) is 38.0 Å². The van der Waals surface area contributed by atoms with Crippen LogP contribution in [0.4, 0.5) is 0 Å². The van der Waals surface area contributed by atoms with Crippen LogP contribution in [-0.2, 0) is 5.41 Å². The number of nitrogens with two attached hydrogens (primary N) is 1. The molecule has 0 aromatic heterocycles. The predicted molar refractivity (Wildman–Crippen MR) is 81.1 cm³/mol. The molecule has 0 atom stereocenters. The van der Waals surface area contributed by atoms with Crippen molar-refractivity contribution in [3.8, 4) is 11.5 Å². The van der Waals surface area contributed by atoms with E-state index < -0.39 is 0 Å². The number of ether oxygens (including phenoxy) is 2. The van der Waals surface area contributed by atoms with Crippen molar-refractivity contribution in [1.82, 2.24) is 0 Å². The van der Waals surface area contributed by atoms with E-state index >= 15 is 0 Å². The number of benzene rings is 1. The summed E-state index contributed by atoms with van der Waals surface area (Å²) in [6.07, 6.45) is 4.83. The van der Waals surface area contributed by atoms with Crippen LogP contribution in [-0.4, -0.2) is 20.3 Å². The third kappa shape index (κ3) is 2.75. The van der Waals surface area contributed by atoms with E-state index in [2.05, 4.69) is 28.1 Å². The zero-order valence-corrected chi connectivity index (χ0v) is 13.3.